The quantitative estimate of drug-likeness (QED) is 0.643. The fourth-order valence-electron chi connectivity index (χ4n) is 3.28. The molecule has 6 heteroatoms. The highest BCUT2D eigenvalue weighted by Gasteiger charge is 2.18. The zero-order chi connectivity index (χ0) is 20.1. The first kappa shape index (κ1) is 19.9. The van der Waals surface area contributed by atoms with Crippen molar-refractivity contribution >= 4 is 5.91 Å². The standard InChI is InChI=1S/C22H29N5O/c1-16(2)13-18-14-19(25-24-18)22-21(17-9-6-5-7-10-17)23-15-27(22)12-8-11-20(28)26(3)4/h5-7,9-10,14-16H,8,11-13H2,1-4H3,(H,24,25). The monoisotopic (exact) mass is 379 g/mol. The maximum Gasteiger partial charge on any atom is 0.222 e. The van der Waals surface area contributed by atoms with Gasteiger partial charge in [-0.2, -0.15) is 5.10 Å². The fraction of sp³-hybridized carbons (Fsp3) is 0.409. The fourth-order valence-corrected chi connectivity index (χ4v) is 3.28. The molecule has 0 spiro atoms. The van der Waals surface area contributed by atoms with Crippen molar-refractivity contribution in [1.29, 1.82) is 0 Å². The van der Waals surface area contributed by atoms with Gasteiger partial charge in [0.1, 0.15) is 5.69 Å². The van der Waals surface area contributed by atoms with E-state index in [9.17, 15) is 4.79 Å². The van der Waals surface area contributed by atoms with Gasteiger partial charge in [-0.3, -0.25) is 9.89 Å². The molecule has 0 aliphatic rings. The van der Waals surface area contributed by atoms with Crippen LogP contribution in [-0.4, -0.2) is 44.7 Å². The lowest BCUT2D eigenvalue weighted by atomic mass is 10.1. The lowest BCUT2D eigenvalue weighted by Gasteiger charge is -2.11. The Hall–Kier alpha value is -2.89. The van der Waals surface area contributed by atoms with Crippen LogP contribution in [0.4, 0.5) is 0 Å². The zero-order valence-electron chi connectivity index (χ0n) is 17.1. The minimum Gasteiger partial charge on any atom is -0.349 e. The van der Waals surface area contributed by atoms with Crippen LogP contribution < -0.4 is 0 Å². The highest BCUT2D eigenvalue weighted by atomic mass is 16.2. The number of aromatic amines is 1. The molecule has 3 aromatic rings. The van der Waals surface area contributed by atoms with Crippen LogP contribution in [0.25, 0.3) is 22.6 Å². The minimum absolute atomic E-state index is 0.143. The van der Waals surface area contributed by atoms with Crippen LogP contribution >= 0.6 is 0 Å². The maximum absolute atomic E-state index is 11.9. The molecule has 0 atom stereocenters. The molecule has 1 amide bonds. The summed E-state index contributed by atoms with van der Waals surface area (Å²) in [5.41, 5.74) is 5.00. The normalized spacial score (nSPS) is 11.2. The van der Waals surface area contributed by atoms with Crippen LogP contribution in [0.2, 0.25) is 0 Å². The van der Waals surface area contributed by atoms with Crippen molar-refractivity contribution in [2.24, 2.45) is 5.92 Å². The van der Waals surface area contributed by atoms with Crippen molar-refractivity contribution in [3.63, 3.8) is 0 Å². The van der Waals surface area contributed by atoms with Gasteiger partial charge in [-0.15, -0.1) is 0 Å². The second kappa shape index (κ2) is 8.87. The molecule has 0 unspecified atom stereocenters. The van der Waals surface area contributed by atoms with E-state index in [0.717, 1.165) is 47.7 Å². The van der Waals surface area contributed by atoms with E-state index in [0.29, 0.717) is 12.3 Å². The van der Waals surface area contributed by atoms with Crippen molar-refractivity contribution in [1.82, 2.24) is 24.6 Å². The summed E-state index contributed by atoms with van der Waals surface area (Å²) in [5.74, 6) is 0.702. The average molecular weight is 380 g/mol. The van der Waals surface area contributed by atoms with Gasteiger partial charge in [0.05, 0.1) is 17.7 Å². The number of amides is 1. The molecule has 1 aromatic carbocycles. The number of carbonyl (C=O) groups is 1. The van der Waals surface area contributed by atoms with Gasteiger partial charge in [-0.25, -0.2) is 4.98 Å². The summed E-state index contributed by atoms with van der Waals surface area (Å²) in [4.78, 5) is 18.2. The number of nitrogens with zero attached hydrogens (tertiary/aromatic N) is 4. The van der Waals surface area contributed by atoms with E-state index >= 15 is 0 Å². The van der Waals surface area contributed by atoms with Gasteiger partial charge in [-0.05, 0) is 24.8 Å². The summed E-state index contributed by atoms with van der Waals surface area (Å²) in [6.07, 6.45) is 4.09. The number of nitrogens with one attached hydrogen (secondary N) is 1. The predicted molar refractivity (Wildman–Crippen MR) is 112 cm³/mol. The van der Waals surface area contributed by atoms with E-state index in [1.807, 2.05) is 24.5 Å². The lowest BCUT2D eigenvalue weighted by Crippen LogP contribution is -2.21. The largest absolute Gasteiger partial charge is 0.349 e. The summed E-state index contributed by atoms with van der Waals surface area (Å²) in [6.45, 7) is 5.12. The Morgan fingerprint density at radius 1 is 1.21 bits per heavy atom. The molecule has 0 saturated heterocycles. The Morgan fingerprint density at radius 3 is 2.64 bits per heavy atom. The van der Waals surface area contributed by atoms with Crippen molar-refractivity contribution in [3.8, 4) is 22.6 Å². The first-order valence-electron chi connectivity index (χ1n) is 9.81. The molecule has 0 saturated carbocycles. The predicted octanol–water partition coefficient (Wildman–Crippen LogP) is 4.01. The zero-order valence-corrected chi connectivity index (χ0v) is 17.1. The van der Waals surface area contributed by atoms with Gasteiger partial charge in [-0.1, -0.05) is 44.2 Å². The average Bonchev–Trinajstić information content (AvgIpc) is 3.28. The van der Waals surface area contributed by atoms with Crippen molar-refractivity contribution in [2.75, 3.05) is 14.1 Å². The van der Waals surface area contributed by atoms with Crippen LogP contribution in [0, 0.1) is 5.92 Å². The molecular weight excluding hydrogens is 350 g/mol. The number of aryl methyl sites for hydroxylation is 1. The molecule has 1 N–H and O–H groups in total. The van der Waals surface area contributed by atoms with Crippen molar-refractivity contribution in [3.05, 3.63) is 48.4 Å². The maximum atomic E-state index is 11.9. The molecule has 28 heavy (non-hydrogen) atoms. The molecule has 0 aliphatic carbocycles. The second-order valence-corrected chi connectivity index (χ2v) is 7.77. The Labute approximate surface area is 166 Å². The van der Waals surface area contributed by atoms with Crippen LogP contribution in [0.15, 0.2) is 42.7 Å². The molecule has 2 aromatic heterocycles. The topological polar surface area (TPSA) is 66.8 Å². The number of hydrogen-bond donors (Lipinski definition) is 1. The molecular formula is C22H29N5O. The van der Waals surface area contributed by atoms with Crippen molar-refractivity contribution < 1.29 is 4.79 Å². The summed E-state index contributed by atoms with van der Waals surface area (Å²) < 4.78 is 2.11. The van der Waals surface area contributed by atoms with Gasteiger partial charge in [0, 0.05) is 38.3 Å². The number of hydrogen-bond acceptors (Lipinski definition) is 3. The Balaban J connectivity index is 1.91. The van der Waals surface area contributed by atoms with Crippen LogP contribution in [0.3, 0.4) is 0 Å². The highest BCUT2D eigenvalue weighted by molar-refractivity contribution is 5.77. The molecule has 0 fully saturated rings. The van der Waals surface area contributed by atoms with E-state index in [-0.39, 0.29) is 5.91 Å². The smallest absolute Gasteiger partial charge is 0.222 e. The third kappa shape index (κ3) is 4.68. The first-order valence-corrected chi connectivity index (χ1v) is 9.81. The van der Waals surface area contributed by atoms with Crippen molar-refractivity contribution in [2.45, 2.75) is 39.7 Å². The summed E-state index contributed by atoms with van der Waals surface area (Å²) >= 11 is 0. The highest BCUT2D eigenvalue weighted by Crippen LogP contribution is 2.31. The Bertz CT molecular complexity index is 908. The number of carbonyl (C=O) groups excluding carboxylic acids is 1. The van der Waals surface area contributed by atoms with E-state index in [1.165, 1.54) is 0 Å². The van der Waals surface area contributed by atoms with Gasteiger partial charge in [0.15, 0.2) is 0 Å². The number of H-pyrrole nitrogens is 1. The third-order valence-electron chi connectivity index (χ3n) is 4.68. The second-order valence-electron chi connectivity index (χ2n) is 7.77. The van der Waals surface area contributed by atoms with Gasteiger partial charge < -0.3 is 9.47 Å². The molecule has 0 aliphatic heterocycles. The summed E-state index contributed by atoms with van der Waals surface area (Å²) in [6, 6.07) is 12.3. The van der Waals surface area contributed by atoms with Gasteiger partial charge >= 0.3 is 0 Å². The van der Waals surface area contributed by atoms with E-state index in [1.54, 1.807) is 19.0 Å². The number of aromatic nitrogens is 4. The van der Waals surface area contributed by atoms with E-state index < -0.39 is 0 Å². The SMILES string of the molecule is CC(C)Cc1cc(-c2c(-c3ccccc3)ncn2CCCC(=O)N(C)C)n[nH]1. The molecule has 3 rings (SSSR count). The lowest BCUT2D eigenvalue weighted by molar-refractivity contribution is -0.128. The van der Waals surface area contributed by atoms with Gasteiger partial charge in [0.2, 0.25) is 5.91 Å². The molecule has 0 radical (unpaired) electrons. The Kier molecular flexibility index (Phi) is 6.29. The Morgan fingerprint density at radius 2 is 1.96 bits per heavy atom. The molecule has 6 nitrogen and oxygen atoms in total. The third-order valence-corrected chi connectivity index (χ3v) is 4.68. The minimum atomic E-state index is 0.143. The van der Waals surface area contributed by atoms with Crippen LogP contribution in [0.5, 0.6) is 0 Å². The number of benzene rings is 1. The molecule has 2 heterocycles. The molecule has 0 bridgehead atoms. The number of imidazole rings is 1. The summed E-state index contributed by atoms with van der Waals surface area (Å²) in [7, 11) is 3.58. The van der Waals surface area contributed by atoms with Crippen LogP contribution in [-0.2, 0) is 17.8 Å². The summed E-state index contributed by atoms with van der Waals surface area (Å²) in [5, 5.41) is 7.74. The van der Waals surface area contributed by atoms with Gasteiger partial charge in [0.25, 0.3) is 0 Å². The van der Waals surface area contributed by atoms with E-state index in [4.69, 9.17) is 0 Å². The molecule has 148 valence electrons. The van der Waals surface area contributed by atoms with E-state index in [2.05, 4.69) is 51.8 Å². The first-order chi connectivity index (χ1) is 13.5. The van der Waals surface area contributed by atoms with Crippen LogP contribution in [0.1, 0.15) is 32.4 Å². The number of rotatable bonds is 8.